The van der Waals surface area contributed by atoms with Gasteiger partial charge in [-0.1, -0.05) is 24.2 Å². The van der Waals surface area contributed by atoms with Gasteiger partial charge in [0.2, 0.25) is 37.0 Å². The smallest absolute Gasteiger partial charge is 1.00 e. The molecule has 0 fully saturated rings. The fourth-order valence-corrected chi connectivity index (χ4v) is 15.1. The van der Waals surface area contributed by atoms with Crippen LogP contribution < -0.4 is 107 Å². The average Bonchev–Trinajstić information content (AvgIpc) is 1.71. The van der Waals surface area contributed by atoms with Crippen LogP contribution >= 0.6 is 105 Å². The van der Waals surface area contributed by atoms with Gasteiger partial charge in [0.1, 0.15) is 101 Å². The quantitative estimate of drug-likeness (QED) is 0.00497. The summed E-state index contributed by atoms with van der Waals surface area (Å²) in [7, 11) is -45.1. The second kappa shape index (κ2) is 56.8. The molecule has 6 rings (SSSR count). The summed E-state index contributed by atoms with van der Waals surface area (Å²) < 4.78 is 124. The predicted molar refractivity (Wildman–Crippen MR) is 380 cm³/mol. The number of nitrogens with zero attached hydrogens (tertiary/aromatic N) is 12. The van der Waals surface area contributed by atoms with Crippen LogP contribution in [0.15, 0.2) is 112 Å². The van der Waals surface area contributed by atoms with Crippen LogP contribution in [0.2, 0.25) is 19.6 Å². The summed E-state index contributed by atoms with van der Waals surface area (Å²) in [6.07, 6.45) is 24.4. The van der Waals surface area contributed by atoms with Crippen molar-refractivity contribution in [2.45, 2.75) is 118 Å². The SMILES string of the molecule is CC(O)(C[n+]1ccn(CC(O)(P(=O)(O)O)P(=O)(O)O)c1)P(=O)(O)O.COC(=O)CCl.COC(=O)Cn1cc[n+](CC(=O)OC)c1.C[Si](C)(C)n1ccnc1.Cl.Cl.O.O=C(O)C[n+]1ccn(CC(O)(P(=O)(O)O)P(=O)(O)O)c1.O=C(O)Cn1cc[n+](CC(=O)O)c1.O=P([O-])(O)C(O)Cn1cc[n+](CC(O)(P(=O)([O-])[O-])P(=O)([O-])O)c1.O=[P+]([O-])[O-].[Cl-].[Cl-].[Na+].[OH-]. The van der Waals surface area contributed by atoms with Crippen LogP contribution in [-0.2, 0) is 150 Å². The molecule has 0 aliphatic heterocycles. The third kappa shape index (κ3) is 49.0. The van der Waals surface area contributed by atoms with Gasteiger partial charge in [-0.15, -0.1) is 36.4 Å². The maximum Gasteiger partial charge on any atom is 1.00 e. The maximum absolute atomic E-state index is 11.3. The number of aromatic nitrogens is 12. The second-order valence-electron chi connectivity index (χ2n) is 23.5. The normalized spacial score (nSPS) is 13.5. The van der Waals surface area contributed by atoms with E-state index in [1.165, 1.54) is 55.4 Å². The molecule has 6 aromatic heterocycles. The molecule has 0 aliphatic rings. The first-order valence-electron chi connectivity index (χ1n) is 29.6. The minimum atomic E-state index is -6.20. The van der Waals surface area contributed by atoms with Crippen LogP contribution in [0.3, 0.4) is 0 Å². The number of halogens is 5. The molecule has 698 valence electrons. The third-order valence-electron chi connectivity index (χ3n) is 13.2. The van der Waals surface area contributed by atoms with Gasteiger partial charge in [-0.25, -0.2) is 74.6 Å². The van der Waals surface area contributed by atoms with Gasteiger partial charge in [0.25, 0.3) is 8.25 Å². The van der Waals surface area contributed by atoms with Gasteiger partial charge >= 0.3 is 114 Å². The molecule has 0 spiro atoms. The monoisotopic (exact) mass is 2060 g/mol. The number of imidazole rings is 6. The molecule has 121 heavy (non-hydrogen) atoms. The van der Waals surface area contributed by atoms with Gasteiger partial charge in [0.05, 0.1) is 27.7 Å². The summed E-state index contributed by atoms with van der Waals surface area (Å²) in [4.78, 5) is 234. The Balaban J connectivity index is -0.000000175. The number of carboxylic acids is 3. The van der Waals surface area contributed by atoms with Crippen LogP contribution in [0.4, 0.5) is 0 Å². The standard InChI is InChI=1S/C9H13N2O4.C8H17N2O11P3.C7H15N2O11P3.C7H12N2O9P2.C7H8N2O4.C6H12N2Si.C3H5ClO2.4ClH.Na.HO3P.2H2O/c1-14-8(12)5-10-3-4-11(7-10)6-9(13)15-2;1-7(11,22(13,14)15)4-9-2-3-10(6-9)5-8(12,23(16,17)18)24(19,20)21;10-6(21(12,13)14)3-8-1-2-9(5-8)4-7(11,22(15,16)17)23(18,19)20;10-6(11)3-8-1-2-9(5-8)4-7(12,19(13,14)15)20(16,17)18;10-6(11)3-8-1-2-9(5-8)4-7(12)13;1-9(2,3)8-5-4-7-6-8;1-6-3(5)2-4;;;;;;1-4(2)3;;/h3-4,7H,5-6H2,1-2H3;2-3,6,11-12H,4-5H2,1H3,(H5-,13,14,15,16,17,18,19,20,21);1-2,5-6,10-11H,3-4H2,(H5-,12,13,14,15,16,17,18,19,20);1-2,5,12H,3-4H2,(H4-,10,11,13,14,15,16,17,18);1-2,5H,3-4H2,(H-,10,11,12,13);4-6H,1-3H3;2H2,1H3;4*1H;;(H,1,2,3);2*1H2/q+1;;;;;;;;;;;+1;;;/p-4. The molecule has 6 heterocycles. The number of carbonyl (C=O) groups excluding carboxylic acids is 3. The summed E-state index contributed by atoms with van der Waals surface area (Å²) >= 11 is 4.98. The first-order chi connectivity index (χ1) is 51.2. The summed E-state index contributed by atoms with van der Waals surface area (Å²) in [5.41, 5.74) is 0. The number of methoxy groups -OCH3 is 3. The van der Waals surface area contributed by atoms with Crippen LogP contribution in [0.1, 0.15) is 6.92 Å². The zero-order valence-corrected chi connectivity index (χ0v) is 78.2. The maximum atomic E-state index is 11.3. The molecule has 0 aromatic carbocycles. The number of alkyl halides is 1. The van der Waals surface area contributed by atoms with Crippen molar-refractivity contribution in [2.24, 2.45) is 0 Å². The Kier molecular flexibility index (Phi) is 63.2. The van der Waals surface area contributed by atoms with Crippen molar-refractivity contribution >= 4 is 149 Å². The summed E-state index contributed by atoms with van der Waals surface area (Å²) in [5.74, 6) is -6.43. The Morgan fingerprint density at radius 2 is 0.826 bits per heavy atom. The molecule has 0 radical (unpaired) electrons. The summed E-state index contributed by atoms with van der Waals surface area (Å²) in [6, 6.07) is 0. The molecule has 23 N–H and O–H groups in total. The number of aliphatic carboxylic acids is 3. The van der Waals surface area contributed by atoms with Crippen molar-refractivity contribution in [3.63, 3.8) is 0 Å². The van der Waals surface area contributed by atoms with E-state index in [1.807, 2.05) is 18.7 Å². The van der Waals surface area contributed by atoms with E-state index in [-0.39, 0.29) is 134 Å². The number of aliphatic hydroxyl groups excluding tert-OH is 1. The predicted octanol–water partition coefficient (Wildman–Crippen LogP) is -20.5. The van der Waals surface area contributed by atoms with E-state index in [0.717, 1.165) is 79.7 Å². The Morgan fingerprint density at radius 1 is 0.512 bits per heavy atom. The number of ether oxygens (including phenoxy) is 3. The van der Waals surface area contributed by atoms with Gasteiger partial charge in [-0.3, -0.25) is 27.6 Å². The number of carbonyl (C=O) groups is 6. The first kappa shape index (κ1) is 135. The number of hydrogen-bond acceptors (Lipinski definition) is 31. The largest absolute Gasteiger partial charge is 1.00 e. The summed E-state index contributed by atoms with van der Waals surface area (Å²) in [5, 5.41) is 59.5. The molecular formula is C47H87Cl5N12NaO46P9Si-2. The average molecular weight is 2060 g/mol. The number of rotatable bonds is 30. The van der Waals surface area contributed by atoms with Crippen molar-refractivity contribution in [1.82, 2.24) is 32.1 Å². The van der Waals surface area contributed by atoms with E-state index in [2.05, 4.69) is 43.1 Å². The van der Waals surface area contributed by atoms with E-state index in [4.69, 9.17) is 105 Å². The second-order valence-corrected chi connectivity index (χ2v) is 44.8. The van der Waals surface area contributed by atoms with Gasteiger partial charge in [-0.2, -0.15) is 0 Å². The Bertz CT molecular complexity index is 4430. The van der Waals surface area contributed by atoms with Crippen molar-refractivity contribution in [2.75, 3.05) is 27.2 Å². The molecule has 6 aromatic rings. The van der Waals surface area contributed by atoms with E-state index in [9.17, 15) is 105 Å². The van der Waals surface area contributed by atoms with Crippen LogP contribution in [0, 0.1) is 0 Å². The molecule has 74 heteroatoms. The van der Waals surface area contributed by atoms with E-state index in [0.29, 0.717) is 4.57 Å². The third-order valence-corrected chi connectivity index (χ3v) is 28.5. The Labute approximate surface area is 736 Å². The number of carboxylic acid groups (broad SMARTS) is 3. The molecule has 58 nitrogen and oxygen atoms in total. The van der Waals surface area contributed by atoms with Gasteiger partial charge in [0, 0.05) is 12.4 Å². The number of hydrogen-bond donors (Lipinski definition) is 20. The number of esters is 3. The van der Waals surface area contributed by atoms with Crippen molar-refractivity contribution in [3.8, 4) is 0 Å². The molecule has 0 saturated heterocycles. The molecule has 0 amide bonds. The zero-order chi connectivity index (χ0) is 89.8. The molecule has 0 saturated carbocycles. The fourth-order valence-electron chi connectivity index (χ4n) is 7.25. The molecular weight excluding hydrogens is 1980 g/mol. The minimum Gasteiger partial charge on any atom is -1.00 e. The Hall–Kier alpha value is -4.31. The fraction of sp³-hybridized carbons (Fsp3) is 0.489. The number of aliphatic hydroxyl groups is 5. The van der Waals surface area contributed by atoms with Gasteiger partial charge in [-0.05, 0) is 14.5 Å². The van der Waals surface area contributed by atoms with Crippen LogP contribution in [0.25, 0.3) is 0 Å². The Morgan fingerprint density at radius 3 is 1.10 bits per heavy atom. The van der Waals surface area contributed by atoms with Crippen molar-refractivity contribution in [1.29, 1.82) is 0 Å². The van der Waals surface area contributed by atoms with E-state index in [1.54, 1.807) is 27.9 Å². The van der Waals surface area contributed by atoms with Gasteiger partial charge < -0.3 is 197 Å². The molecule has 0 aliphatic carbocycles. The zero-order valence-electron chi connectivity index (χ0n) is 63.3. The molecule has 5 unspecified atom stereocenters. The van der Waals surface area contributed by atoms with Crippen LogP contribution in [0.5, 0.6) is 0 Å². The molecule has 0 bridgehead atoms. The topological polar surface area (TPSA) is 950 Å². The van der Waals surface area contributed by atoms with Crippen molar-refractivity contribution in [3.05, 3.63) is 112 Å². The first-order valence-corrected chi connectivity index (χ1v) is 47.5. The molecule has 5 atom stereocenters. The van der Waals surface area contributed by atoms with Crippen LogP contribution in [-0.4, -0.2) is 240 Å². The summed E-state index contributed by atoms with van der Waals surface area (Å²) in [6.45, 7) is 2.16. The van der Waals surface area contributed by atoms with Gasteiger partial charge in [0.15, 0.2) is 67.1 Å². The van der Waals surface area contributed by atoms with E-state index < -0.39 is 167 Å². The van der Waals surface area contributed by atoms with Crippen molar-refractivity contribution < 1.29 is 301 Å². The van der Waals surface area contributed by atoms with E-state index >= 15 is 0 Å². The minimum absolute atomic E-state index is 0.